The molecule has 2 aromatic carbocycles. The van der Waals surface area contributed by atoms with Gasteiger partial charge in [-0.15, -0.1) is 0 Å². The Morgan fingerprint density at radius 2 is 1.85 bits per heavy atom. The van der Waals surface area contributed by atoms with Gasteiger partial charge in [0.05, 0.1) is 23.5 Å². The lowest BCUT2D eigenvalue weighted by atomic mass is 10.2. The maximum atomic E-state index is 12.2. The van der Waals surface area contributed by atoms with Gasteiger partial charge in [0.25, 0.3) is 0 Å². The van der Waals surface area contributed by atoms with Crippen LogP contribution in [0.3, 0.4) is 0 Å². The number of aryl methyl sites for hydroxylation is 1. The Bertz CT molecular complexity index is 919. The zero-order valence-electron chi connectivity index (χ0n) is 14.9. The molecule has 146 valence electrons. The van der Waals surface area contributed by atoms with Crippen molar-refractivity contribution in [2.75, 3.05) is 30.3 Å². The van der Waals surface area contributed by atoms with Gasteiger partial charge in [-0.25, -0.2) is 8.42 Å². The lowest BCUT2D eigenvalue weighted by Crippen LogP contribution is -2.41. The molecule has 0 atom stereocenters. The van der Waals surface area contributed by atoms with E-state index in [-0.39, 0.29) is 30.4 Å². The molecule has 1 amide bonds. The van der Waals surface area contributed by atoms with E-state index in [0.29, 0.717) is 10.8 Å². The Morgan fingerprint density at radius 3 is 2.48 bits per heavy atom. The molecule has 0 aliphatic rings. The number of hydrogen-bond acceptors (Lipinski definition) is 4. The van der Waals surface area contributed by atoms with Gasteiger partial charge < -0.3 is 10.1 Å². The highest BCUT2D eigenvalue weighted by Crippen LogP contribution is 2.26. The summed E-state index contributed by atoms with van der Waals surface area (Å²) in [5, 5.41) is 3.47. The van der Waals surface area contributed by atoms with Crippen LogP contribution in [0, 0.1) is 6.92 Å². The highest BCUT2D eigenvalue weighted by atomic mass is 35.5. The van der Waals surface area contributed by atoms with Gasteiger partial charge in [0.2, 0.25) is 15.9 Å². The van der Waals surface area contributed by atoms with Gasteiger partial charge in [0.1, 0.15) is 18.9 Å². The summed E-state index contributed by atoms with van der Waals surface area (Å²) in [6.07, 6.45) is 1.02. The topological polar surface area (TPSA) is 75.7 Å². The summed E-state index contributed by atoms with van der Waals surface area (Å²) < 4.78 is 30.6. The molecule has 0 spiro atoms. The van der Waals surface area contributed by atoms with Gasteiger partial charge in [-0.3, -0.25) is 9.10 Å². The van der Waals surface area contributed by atoms with E-state index >= 15 is 0 Å². The van der Waals surface area contributed by atoms with Crippen LogP contribution in [0.5, 0.6) is 5.75 Å². The van der Waals surface area contributed by atoms with Gasteiger partial charge in [0.15, 0.2) is 0 Å². The maximum Gasteiger partial charge on any atom is 0.240 e. The van der Waals surface area contributed by atoms with Crippen molar-refractivity contribution in [1.29, 1.82) is 0 Å². The van der Waals surface area contributed by atoms with Gasteiger partial charge in [0, 0.05) is 5.02 Å². The van der Waals surface area contributed by atoms with Crippen molar-refractivity contribution in [2.24, 2.45) is 0 Å². The van der Waals surface area contributed by atoms with Crippen molar-refractivity contribution in [3.05, 3.63) is 58.1 Å². The van der Waals surface area contributed by atoms with Gasteiger partial charge in [-0.2, -0.15) is 0 Å². The van der Waals surface area contributed by atoms with Crippen LogP contribution in [0.25, 0.3) is 0 Å². The highest BCUT2D eigenvalue weighted by Gasteiger charge is 2.22. The van der Waals surface area contributed by atoms with E-state index in [2.05, 4.69) is 5.32 Å². The predicted octanol–water partition coefficient (Wildman–Crippen LogP) is 3.26. The second-order valence-electron chi connectivity index (χ2n) is 5.83. The largest absolute Gasteiger partial charge is 0.492 e. The molecule has 2 rings (SSSR count). The number of rotatable bonds is 8. The summed E-state index contributed by atoms with van der Waals surface area (Å²) in [7, 11) is -3.68. The first-order valence-corrected chi connectivity index (χ1v) is 10.7. The molecule has 0 aromatic heterocycles. The number of hydrogen-bond donors (Lipinski definition) is 1. The molecule has 0 bridgehead atoms. The fourth-order valence-electron chi connectivity index (χ4n) is 2.24. The van der Waals surface area contributed by atoms with Crippen LogP contribution in [0.2, 0.25) is 10.0 Å². The number of benzene rings is 2. The van der Waals surface area contributed by atoms with E-state index in [9.17, 15) is 13.2 Å². The summed E-state index contributed by atoms with van der Waals surface area (Å²) >= 11 is 12.1. The molecule has 1 N–H and O–H groups in total. The van der Waals surface area contributed by atoms with E-state index in [1.165, 1.54) is 0 Å². The Kier molecular flexibility index (Phi) is 7.35. The number of carbonyl (C=O) groups excluding carboxylic acids is 1. The predicted molar refractivity (Wildman–Crippen MR) is 108 cm³/mol. The average Bonchev–Trinajstić information content (AvgIpc) is 2.59. The minimum atomic E-state index is -3.68. The number of sulfonamides is 1. The molecule has 0 aliphatic heterocycles. The molecule has 0 fully saturated rings. The third-order valence-corrected chi connectivity index (χ3v) is 5.50. The summed E-state index contributed by atoms with van der Waals surface area (Å²) in [5.74, 6) is 0.125. The maximum absolute atomic E-state index is 12.2. The first-order chi connectivity index (χ1) is 12.7. The Morgan fingerprint density at radius 1 is 1.15 bits per heavy atom. The van der Waals surface area contributed by atoms with Crippen molar-refractivity contribution in [2.45, 2.75) is 6.92 Å². The molecular formula is C18H20Cl2N2O4S. The molecule has 27 heavy (non-hydrogen) atoms. The molecule has 6 nitrogen and oxygen atoms in total. The molecule has 0 saturated heterocycles. The van der Waals surface area contributed by atoms with Crippen molar-refractivity contribution in [3.8, 4) is 5.75 Å². The van der Waals surface area contributed by atoms with Gasteiger partial charge in [-0.05, 0) is 36.8 Å². The fraction of sp³-hybridized carbons (Fsp3) is 0.278. The normalized spacial score (nSPS) is 11.1. The van der Waals surface area contributed by atoms with Crippen LogP contribution in [0.1, 0.15) is 5.56 Å². The number of amides is 1. The van der Waals surface area contributed by atoms with Gasteiger partial charge in [-0.1, -0.05) is 41.4 Å². The molecule has 2 aromatic rings. The minimum absolute atomic E-state index is 0.213. The van der Waals surface area contributed by atoms with E-state index < -0.39 is 15.9 Å². The number of anilines is 1. The molecule has 0 radical (unpaired) electrons. The number of ether oxygens (including phenoxy) is 1. The fourth-order valence-corrected chi connectivity index (χ4v) is 3.57. The molecule has 0 unspecified atom stereocenters. The van der Waals surface area contributed by atoms with E-state index in [1.54, 1.807) is 36.4 Å². The standard InChI is InChI=1S/C18H20Cl2N2O4S/c1-13-7-8-14(11-16(13)20)26-10-9-21-18(23)12-22(27(2,24)25)17-6-4-3-5-15(17)19/h3-8,11H,9-10,12H2,1-2H3,(H,21,23). The highest BCUT2D eigenvalue weighted by molar-refractivity contribution is 7.92. The van der Waals surface area contributed by atoms with Crippen LogP contribution >= 0.6 is 23.2 Å². The summed E-state index contributed by atoms with van der Waals surface area (Å²) in [4.78, 5) is 12.2. The Balaban J connectivity index is 1.91. The van der Waals surface area contributed by atoms with Gasteiger partial charge >= 0.3 is 0 Å². The molecular weight excluding hydrogens is 411 g/mol. The Labute approximate surface area is 169 Å². The minimum Gasteiger partial charge on any atom is -0.492 e. The molecule has 0 saturated carbocycles. The van der Waals surface area contributed by atoms with Crippen LogP contribution < -0.4 is 14.4 Å². The van der Waals surface area contributed by atoms with Crippen molar-refractivity contribution >= 4 is 44.8 Å². The van der Waals surface area contributed by atoms with E-state index in [0.717, 1.165) is 16.1 Å². The first kappa shape index (κ1) is 21.3. The summed E-state index contributed by atoms with van der Waals surface area (Å²) in [5.41, 5.74) is 1.19. The lowest BCUT2D eigenvalue weighted by molar-refractivity contribution is -0.119. The SMILES string of the molecule is Cc1ccc(OCCNC(=O)CN(c2ccccc2Cl)S(C)(=O)=O)cc1Cl. The molecule has 0 aliphatic carbocycles. The quantitative estimate of drug-likeness (QED) is 0.651. The lowest BCUT2D eigenvalue weighted by Gasteiger charge is -2.22. The smallest absolute Gasteiger partial charge is 0.240 e. The number of nitrogens with one attached hydrogen (secondary N) is 1. The average molecular weight is 431 g/mol. The zero-order valence-corrected chi connectivity index (χ0v) is 17.2. The third-order valence-electron chi connectivity index (χ3n) is 3.64. The van der Waals surface area contributed by atoms with Crippen molar-refractivity contribution in [3.63, 3.8) is 0 Å². The molecule has 9 heteroatoms. The summed E-state index contributed by atoms with van der Waals surface area (Å²) in [6, 6.07) is 11.8. The molecule has 0 heterocycles. The van der Waals surface area contributed by atoms with E-state index in [4.69, 9.17) is 27.9 Å². The van der Waals surface area contributed by atoms with E-state index in [1.807, 2.05) is 13.0 Å². The van der Waals surface area contributed by atoms with Crippen molar-refractivity contribution < 1.29 is 17.9 Å². The zero-order chi connectivity index (χ0) is 20.0. The van der Waals surface area contributed by atoms with Crippen molar-refractivity contribution in [1.82, 2.24) is 5.32 Å². The second-order valence-corrected chi connectivity index (χ2v) is 8.55. The summed E-state index contributed by atoms with van der Waals surface area (Å²) in [6.45, 7) is 1.94. The number of carbonyl (C=O) groups is 1. The van der Waals surface area contributed by atoms with Crippen LogP contribution in [-0.4, -0.2) is 40.3 Å². The van der Waals surface area contributed by atoms with Crippen LogP contribution in [0.4, 0.5) is 5.69 Å². The second kappa shape index (κ2) is 9.30. The number of nitrogens with zero attached hydrogens (tertiary/aromatic N) is 1. The number of halogens is 2. The van der Waals surface area contributed by atoms with Crippen LogP contribution in [-0.2, 0) is 14.8 Å². The number of para-hydroxylation sites is 1. The first-order valence-electron chi connectivity index (χ1n) is 8.06. The Hall–Kier alpha value is -1.96. The van der Waals surface area contributed by atoms with Crippen LogP contribution in [0.15, 0.2) is 42.5 Å². The third kappa shape index (κ3) is 6.30. The monoisotopic (exact) mass is 430 g/mol.